The number of hydrogen-bond donors (Lipinski definition) is 0. The van der Waals surface area contributed by atoms with Crippen LogP contribution in [0.15, 0.2) is 51.7 Å². The highest BCUT2D eigenvalue weighted by Gasteiger charge is 2.20. The van der Waals surface area contributed by atoms with Crippen LogP contribution in [0, 0.1) is 0 Å². The van der Waals surface area contributed by atoms with Gasteiger partial charge in [0.25, 0.3) is 5.56 Å². The lowest BCUT2D eigenvalue weighted by Gasteiger charge is -2.06. The fraction of sp³-hybridized carbons (Fsp3) is 0.111. The standard InChI is InChI=1S/C18H12BrClN2O/c19-13-3-1-2-11(9-13)8-12-6-7-22-17(12)21-16-10-14(20)4-5-15(16)18(22)23/h1-5,8-10H,6-7H2. The summed E-state index contributed by atoms with van der Waals surface area (Å²) >= 11 is 9.52. The van der Waals surface area contributed by atoms with Crippen LogP contribution >= 0.6 is 27.5 Å². The number of benzene rings is 2. The van der Waals surface area contributed by atoms with Crippen molar-refractivity contribution in [3.8, 4) is 0 Å². The minimum absolute atomic E-state index is 0.000640. The van der Waals surface area contributed by atoms with Crippen molar-refractivity contribution in [2.45, 2.75) is 13.0 Å². The molecule has 3 aromatic rings. The molecule has 23 heavy (non-hydrogen) atoms. The van der Waals surface area contributed by atoms with E-state index in [9.17, 15) is 4.79 Å². The molecule has 2 heterocycles. The summed E-state index contributed by atoms with van der Waals surface area (Å²) in [7, 11) is 0. The number of nitrogens with zero attached hydrogens (tertiary/aromatic N) is 2. The molecule has 1 aromatic heterocycles. The lowest BCUT2D eigenvalue weighted by atomic mass is 10.1. The van der Waals surface area contributed by atoms with E-state index in [0.29, 0.717) is 22.5 Å². The van der Waals surface area contributed by atoms with E-state index < -0.39 is 0 Å². The first kappa shape index (κ1) is 14.7. The highest BCUT2D eigenvalue weighted by molar-refractivity contribution is 9.10. The first-order valence-electron chi connectivity index (χ1n) is 7.28. The van der Waals surface area contributed by atoms with Crippen molar-refractivity contribution in [3.05, 3.63) is 73.7 Å². The second kappa shape index (κ2) is 5.62. The number of fused-ring (bicyclic) bond motifs is 2. The largest absolute Gasteiger partial charge is 0.292 e. The first-order valence-corrected chi connectivity index (χ1v) is 8.45. The van der Waals surface area contributed by atoms with Gasteiger partial charge in [-0.25, -0.2) is 4.98 Å². The van der Waals surface area contributed by atoms with Gasteiger partial charge in [-0.1, -0.05) is 39.7 Å². The second-order valence-electron chi connectivity index (χ2n) is 5.53. The maximum absolute atomic E-state index is 12.6. The molecule has 0 radical (unpaired) electrons. The minimum Gasteiger partial charge on any atom is -0.292 e. The van der Waals surface area contributed by atoms with E-state index >= 15 is 0 Å². The van der Waals surface area contributed by atoms with Gasteiger partial charge in [0.2, 0.25) is 0 Å². The van der Waals surface area contributed by atoms with E-state index in [1.807, 2.05) is 24.3 Å². The van der Waals surface area contributed by atoms with E-state index in [4.69, 9.17) is 11.6 Å². The van der Waals surface area contributed by atoms with Crippen LogP contribution in [0.5, 0.6) is 0 Å². The summed E-state index contributed by atoms with van der Waals surface area (Å²) in [6.45, 7) is 0.666. The molecule has 3 nitrogen and oxygen atoms in total. The zero-order chi connectivity index (χ0) is 16.0. The van der Waals surface area contributed by atoms with Gasteiger partial charge in [0.05, 0.1) is 10.9 Å². The van der Waals surface area contributed by atoms with Crippen molar-refractivity contribution in [2.24, 2.45) is 0 Å². The van der Waals surface area contributed by atoms with Crippen LogP contribution in [-0.2, 0) is 6.54 Å². The third-order valence-electron chi connectivity index (χ3n) is 4.00. The lowest BCUT2D eigenvalue weighted by Crippen LogP contribution is -2.20. The van der Waals surface area contributed by atoms with Gasteiger partial charge in [0.15, 0.2) is 0 Å². The van der Waals surface area contributed by atoms with Crippen molar-refractivity contribution in [1.82, 2.24) is 9.55 Å². The Labute approximate surface area is 146 Å². The molecule has 0 N–H and O–H groups in total. The number of aromatic nitrogens is 2. The van der Waals surface area contributed by atoms with Gasteiger partial charge in [0, 0.05) is 16.0 Å². The van der Waals surface area contributed by atoms with Crippen LogP contribution in [0.1, 0.15) is 17.8 Å². The quantitative estimate of drug-likeness (QED) is 0.603. The zero-order valence-corrected chi connectivity index (χ0v) is 14.4. The van der Waals surface area contributed by atoms with Crippen LogP contribution in [0.2, 0.25) is 5.02 Å². The predicted molar refractivity (Wildman–Crippen MR) is 97.6 cm³/mol. The molecular formula is C18H12BrClN2O. The molecule has 0 amide bonds. The summed E-state index contributed by atoms with van der Waals surface area (Å²) in [6, 6.07) is 13.3. The van der Waals surface area contributed by atoms with Crippen molar-refractivity contribution < 1.29 is 0 Å². The molecule has 0 bridgehead atoms. The van der Waals surface area contributed by atoms with E-state index in [2.05, 4.69) is 27.0 Å². The Balaban J connectivity index is 1.91. The summed E-state index contributed by atoms with van der Waals surface area (Å²) in [6.07, 6.45) is 2.89. The van der Waals surface area contributed by atoms with Gasteiger partial charge < -0.3 is 0 Å². The van der Waals surface area contributed by atoms with E-state index in [1.54, 1.807) is 22.8 Å². The summed E-state index contributed by atoms with van der Waals surface area (Å²) in [5, 5.41) is 1.20. The fourth-order valence-corrected chi connectivity index (χ4v) is 3.51. The number of hydrogen-bond acceptors (Lipinski definition) is 2. The third-order valence-corrected chi connectivity index (χ3v) is 4.73. The number of halogens is 2. The van der Waals surface area contributed by atoms with Gasteiger partial charge in [-0.15, -0.1) is 0 Å². The minimum atomic E-state index is -0.000640. The fourth-order valence-electron chi connectivity index (χ4n) is 2.93. The van der Waals surface area contributed by atoms with Crippen LogP contribution in [0.4, 0.5) is 0 Å². The van der Waals surface area contributed by atoms with Crippen molar-refractivity contribution in [2.75, 3.05) is 0 Å². The Bertz CT molecular complexity index is 1020. The average molecular weight is 388 g/mol. The van der Waals surface area contributed by atoms with Crippen molar-refractivity contribution >= 4 is 50.1 Å². The van der Waals surface area contributed by atoms with Gasteiger partial charge in [-0.05, 0) is 54.0 Å². The molecule has 2 aromatic carbocycles. The molecule has 0 atom stereocenters. The van der Waals surface area contributed by atoms with Gasteiger partial charge in [-0.3, -0.25) is 9.36 Å². The van der Waals surface area contributed by atoms with Gasteiger partial charge in [-0.2, -0.15) is 0 Å². The van der Waals surface area contributed by atoms with Crippen molar-refractivity contribution in [3.63, 3.8) is 0 Å². The SMILES string of the molecule is O=c1c2ccc(Cl)cc2nc2n1CCC2=Cc1cccc(Br)c1. The predicted octanol–water partition coefficient (Wildman–Crippen LogP) is 4.76. The van der Waals surface area contributed by atoms with Crippen LogP contribution in [0.25, 0.3) is 22.6 Å². The smallest absolute Gasteiger partial charge is 0.261 e. The molecule has 0 saturated carbocycles. The summed E-state index contributed by atoms with van der Waals surface area (Å²) in [4.78, 5) is 17.3. The Morgan fingerprint density at radius 2 is 2.09 bits per heavy atom. The maximum Gasteiger partial charge on any atom is 0.261 e. The first-order chi connectivity index (χ1) is 11.1. The molecular weight excluding hydrogens is 376 g/mol. The zero-order valence-electron chi connectivity index (χ0n) is 12.1. The second-order valence-corrected chi connectivity index (χ2v) is 6.88. The number of allylic oxidation sites excluding steroid dienone is 1. The molecule has 0 aliphatic carbocycles. The van der Waals surface area contributed by atoms with Crippen molar-refractivity contribution in [1.29, 1.82) is 0 Å². The third kappa shape index (κ3) is 2.62. The van der Waals surface area contributed by atoms with E-state index in [0.717, 1.165) is 27.9 Å². The molecule has 4 rings (SSSR count). The molecule has 0 fully saturated rings. The Morgan fingerprint density at radius 1 is 1.22 bits per heavy atom. The molecule has 1 aliphatic rings. The Hall–Kier alpha value is -1.91. The Morgan fingerprint density at radius 3 is 2.91 bits per heavy atom. The highest BCUT2D eigenvalue weighted by Crippen LogP contribution is 2.28. The van der Waals surface area contributed by atoms with Crippen LogP contribution < -0.4 is 5.56 Å². The Kier molecular flexibility index (Phi) is 3.58. The average Bonchev–Trinajstić information content (AvgIpc) is 2.90. The molecule has 0 saturated heterocycles. The van der Waals surface area contributed by atoms with Crippen LogP contribution in [0.3, 0.4) is 0 Å². The van der Waals surface area contributed by atoms with E-state index in [-0.39, 0.29) is 5.56 Å². The molecule has 5 heteroatoms. The molecule has 114 valence electrons. The molecule has 0 spiro atoms. The monoisotopic (exact) mass is 386 g/mol. The number of rotatable bonds is 1. The molecule has 0 unspecified atom stereocenters. The molecule has 1 aliphatic heterocycles. The maximum atomic E-state index is 12.6. The van der Waals surface area contributed by atoms with Gasteiger partial charge >= 0.3 is 0 Å². The van der Waals surface area contributed by atoms with Crippen LogP contribution in [-0.4, -0.2) is 9.55 Å². The topological polar surface area (TPSA) is 34.9 Å². The summed E-state index contributed by atoms with van der Waals surface area (Å²) in [5.74, 6) is 0.741. The summed E-state index contributed by atoms with van der Waals surface area (Å²) < 4.78 is 2.78. The highest BCUT2D eigenvalue weighted by atomic mass is 79.9. The van der Waals surface area contributed by atoms with E-state index in [1.165, 1.54) is 0 Å². The lowest BCUT2D eigenvalue weighted by molar-refractivity contribution is 0.725. The van der Waals surface area contributed by atoms with Gasteiger partial charge in [0.1, 0.15) is 5.82 Å². The summed E-state index contributed by atoms with van der Waals surface area (Å²) in [5.41, 5.74) is 2.81. The normalized spacial score (nSPS) is 15.3.